The minimum atomic E-state index is 0.526. The maximum atomic E-state index is 10.2. The number of imidazole rings is 1. The summed E-state index contributed by atoms with van der Waals surface area (Å²) in [4.78, 5) is 17.7. The molecule has 0 radical (unpaired) electrons. The Labute approximate surface area is 94.5 Å². The molecule has 82 valence electrons. The van der Waals surface area contributed by atoms with Gasteiger partial charge < -0.3 is 9.78 Å². The van der Waals surface area contributed by atoms with Crippen molar-refractivity contribution in [1.29, 1.82) is 0 Å². The van der Waals surface area contributed by atoms with Crippen LogP contribution in [0.25, 0.3) is 0 Å². The lowest BCUT2D eigenvalue weighted by atomic mass is 10.1. The van der Waals surface area contributed by atoms with E-state index in [9.17, 15) is 4.79 Å². The number of carbonyl (C=O) groups is 1. The maximum Gasteiger partial charge on any atom is 0.120 e. The molecule has 2 aromatic rings. The largest absolute Gasteiger partial charge is 0.346 e. The zero-order valence-corrected chi connectivity index (χ0v) is 9.02. The minimum Gasteiger partial charge on any atom is -0.346 e. The van der Waals surface area contributed by atoms with Crippen LogP contribution in [-0.2, 0) is 17.6 Å². The Bertz CT molecular complexity index is 448. The number of nitrogens with zero attached hydrogens (tertiary/aromatic N) is 1. The summed E-state index contributed by atoms with van der Waals surface area (Å²) in [7, 11) is 0. The molecule has 1 heterocycles. The van der Waals surface area contributed by atoms with Crippen LogP contribution < -0.4 is 0 Å². The lowest BCUT2D eigenvalue weighted by molar-refractivity contribution is -0.107. The zero-order chi connectivity index (χ0) is 11.2. The summed E-state index contributed by atoms with van der Waals surface area (Å²) in [6, 6.07) is 10.2. The molecular formula is C13H14N2O. The molecule has 0 unspecified atom stereocenters. The number of aldehydes is 1. The number of rotatable bonds is 5. The number of aromatic nitrogens is 2. The van der Waals surface area contributed by atoms with Crippen LogP contribution in [0.1, 0.15) is 23.5 Å². The molecule has 3 heteroatoms. The van der Waals surface area contributed by atoms with Crippen LogP contribution in [0.15, 0.2) is 36.5 Å². The van der Waals surface area contributed by atoms with Gasteiger partial charge in [0.25, 0.3) is 0 Å². The Morgan fingerprint density at radius 1 is 1.25 bits per heavy atom. The highest BCUT2D eigenvalue weighted by atomic mass is 16.1. The molecule has 16 heavy (non-hydrogen) atoms. The van der Waals surface area contributed by atoms with Gasteiger partial charge in [-0.25, -0.2) is 4.98 Å². The van der Waals surface area contributed by atoms with Crippen molar-refractivity contribution >= 4 is 6.29 Å². The molecule has 0 fully saturated rings. The Morgan fingerprint density at radius 3 is 2.81 bits per heavy atom. The first-order valence-corrected chi connectivity index (χ1v) is 5.39. The van der Waals surface area contributed by atoms with Crippen LogP contribution in [0.3, 0.4) is 0 Å². The molecule has 1 N–H and O–H groups in total. The number of carbonyl (C=O) groups excluding carboxylic acids is 1. The molecule has 0 saturated heterocycles. The molecule has 0 saturated carbocycles. The molecule has 1 aromatic carbocycles. The summed E-state index contributed by atoms with van der Waals surface area (Å²) in [6.07, 6.45) is 4.83. The van der Waals surface area contributed by atoms with E-state index in [1.807, 2.05) is 24.4 Å². The molecule has 0 spiro atoms. The third-order valence-electron chi connectivity index (χ3n) is 2.42. The Kier molecular flexibility index (Phi) is 3.49. The van der Waals surface area contributed by atoms with Gasteiger partial charge in [-0.1, -0.05) is 30.3 Å². The van der Waals surface area contributed by atoms with E-state index in [0.717, 1.165) is 24.2 Å². The molecule has 0 amide bonds. The lowest BCUT2D eigenvalue weighted by Gasteiger charge is -1.97. The van der Waals surface area contributed by atoms with Crippen molar-refractivity contribution in [2.75, 3.05) is 0 Å². The first-order chi connectivity index (χ1) is 7.88. The van der Waals surface area contributed by atoms with Crippen LogP contribution in [0.5, 0.6) is 0 Å². The topological polar surface area (TPSA) is 45.8 Å². The van der Waals surface area contributed by atoms with E-state index in [4.69, 9.17) is 0 Å². The molecule has 0 aliphatic rings. The first-order valence-electron chi connectivity index (χ1n) is 5.39. The van der Waals surface area contributed by atoms with Gasteiger partial charge >= 0.3 is 0 Å². The van der Waals surface area contributed by atoms with E-state index in [0.29, 0.717) is 12.8 Å². The van der Waals surface area contributed by atoms with E-state index in [-0.39, 0.29) is 0 Å². The molecular weight excluding hydrogens is 200 g/mol. The highest BCUT2D eigenvalue weighted by molar-refractivity contribution is 5.49. The fourth-order valence-corrected chi connectivity index (χ4v) is 1.63. The van der Waals surface area contributed by atoms with Crippen molar-refractivity contribution in [3.8, 4) is 0 Å². The molecule has 1 aromatic heterocycles. The molecule has 0 atom stereocenters. The highest BCUT2D eigenvalue weighted by Gasteiger charge is 2.01. The van der Waals surface area contributed by atoms with Crippen molar-refractivity contribution in [2.45, 2.75) is 19.3 Å². The average molecular weight is 214 g/mol. The van der Waals surface area contributed by atoms with Crippen LogP contribution in [0, 0.1) is 0 Å². The second-order valence-corrected chi connectivity index (χ2v) is 3.72. The Balaban J connectivity index is 2.00. The van der Waals surface area contributed by atoms with E-state index in [1.54, 1.807) is 0 Å². The van der Waals surface area contributed by atoms with E-state index < -0.39 is 0 Å². The summed E-state index contributed by atoms with van der Waals surface area (Å²) >= 11 is 0. The van der Waals surface area contributed by atoms with Gasteiger partial charge in [-0.3, -0.25) is 0 Å². The van der Waals surface area contributed by atoms with Crippen molar-refractivity contribution in [1.82, 2.24) is 9.97 Å². The molecule has 2 rings (SSSR count). The standard InChI is InChI=1S/C13H14N2O/c16-8-4-7-13-14-10-12(15-13)9-11-5-2-1-3-6-11/h1-3,5-6,8,10H,4,7,9H2,(H,14,15). The van der Waals surface area contributed by atoms with Gasteiger partial charge in [0.2, 0.25) is 0 Å². The minimum absolute atomic E-state index is 0.526. The van der Waals surface area contributed by atoms with Gasteiger partial charge in [-0.05, 0) is 5.56 Å². The SMILES string of the molecule is O=CCCc1ncc(Cc2ccccc2)[nH]1. The summed E-state index contributed by atoms with van der Waals surface area (Å²) in [5.41, 5.74) is 2.35. The summed E-state index contributed by atoms with van der Waals surface area (Å²) in [5.74, 6) is 0.887. The van der Waals surface area contributed by atoms with Crippen molar-refractivity contribution in [3.05, 3.63) is 53.6 Å². The molecule has 0 aliphatic heterocycles. The number of nitrogens with one attached hydrogen (secondary N) is 1. The summed E-state index contributed by atoms with van der Waals surface area (Å²) in [6.45, 7) is 0. The third kappa shape index (κ3) is 2.79. The fourth-order valence-electron chi connectivity index (χ4n) is 1.63. The number of hydrogen-bond acceptors (Lipinski definition) is 2. The molecule has 3 nitrogen and oxygen atoms in total. The monoisotopic (exact) mass is 214 g/mol. The maximum absolute atomic E-state index is 10.2. The smallest absolute Gasteiger partial charge is 0.120 e. The van der Waals surface area contributed by atoms with Crippen LogP contribution in [0.4, 0.5) is 0 Å². The Hall–Kier alpha value is -1.90. The van der Waals surface area contributed by atoms with Crippen LogP contribution in [0.2, 0.25) is 0 Å². The van der Waals surface area contributed by atoms with Crippen molar-refractivity contribution in [3.63, 3.8) is 0 Å². The number of aryl methyl sites for hydroxylation is 1. The van der Waals surface area contributed by atoms with E-state index in [1.165, 1.54) is 5.56 Å². The normalized spacial score (nSPS) is 10.2. The first kappa shape index (κ1) is 10.6. The van der Waals surface area contributed by atoms with Gasteiger partial charge in [0.1, 0.15) is 12.1 Å². The highest BCUT2D eigenvalue weighted by Crippen LogP contribution is 2.07. The Morgan fingerprint density at radius 2 is 2.06 bits per heavy atom. The summed E-state index contributed by atoms with van der Waals surface area (Å²) < 4.78 is 0. The van der Waals surface area contributed by atoms with Crippen LogP contribution >= 0.6 is 0 Å². The second-order valence-electron chi connectivity index (χ2n) is 3.72. The fraction of sp³-hybridized carbons (Fsp3) is 0.231. The predicted molar refractivity (Wildman–Crippen MR) is 62.2 cm³/mol. The number of benzene rings is 1. The molecule has 0 aliphatic carbocycles. The number of H-pyrrole nitrogens is 1. The van der Waals surface area contributed by atoms with Gasteiger partial charge in [-0.15, -0.1) is 0 Å². The average Bonchev–Trinajstić information content (AvgIpc) is 2.75. The summed E-state index contributed by atoms with van der Waals surface area (Å²) in [5, 5.41) is 0. The van der Waals surface area contributed by atoms with Gasteiger partial charge in [0.05, 0.1) is 0 Å². The van der Waals surface area contributed by atoms with E-state index >= 15 is 0 Å². The van der Waals surface area contributed by atoms with E-state index in [2.05, 4.69) is 22.1 Å². The lowest BCUT2D eigenvalue weighted by Crippen LogP contribution is -1.91. The predicted octanol–water partition coefficient (Wildman–Crippen LogP) is 2.13. The quantitative estimate of drug-likeness (QED) is 0.775. The zero-order valence-electron chi connectivity index (χ0n) is 9.02. The third-order valence-corrected chi connectivity index (χ3v) is 2.42. The van der Waals surface area contributed by atoms with Crippen LogP contribution in [-0.4, -0.2) is 16.3 Å². The number of hydrogen-bond donors (Lipinski definition) is 1. The second kappa shape index (κ2) is 5.26. The van der Waals surface area contributed by atoms with Crippen molar-refractivity contribution < 1.29 is 4.79 Å². The van der Waals surface area contributed by atoms with Crippen molar-refractivity contribution in [2.24, 2.45) is 0 Å². The molecule has 0 bridgehead atoms. The van der Waals surface area contributed by atoms with Gasteiger partial charge in [0.15, 0.2) is 0 Å². The van der Waals surface area contributed by atoms with Gasteiger partial charge in [-0.2, -0.15) is 0 Å². The van der Waals surface area contributed by atoms with Gasteiger partial charge in [0, 0.05) is 31.2 Å². The number of aromatic amines is 1.